The summed E-state index contributed by atoms with van der Waals surface area (Å²) >= 11 is -6.57. The van der Waals surface area contributed by atoms with Crippen molar-refractivity contribution in [2.75, 3.05) is 0 Å². The summed E-state index contributed by atoms with van der Waals surface area (Å²) in [4.78, 5) is 0. The third-order valence-corrected chi connectivity index (χ3v) is 38.1. The molecule has 6 aromatic rings. The van der Waals surface area contributed by atoms with Crippen LogP contribution in [0.1, 0.15) is 129 Å². The van der Waals surface area contributed by atoms with E-state index in [4.69, 9.17) is 17.0 Å². The van der Waals surface area contributed by atoms with E-state index in [2.05, 4.69) is 6.07 Å². The Labute approximate surface area is 432 Å². The van der Waals surface area contributed by atoms with Gasteiger partial charge < -0.3 is 0 Å². The van der Waals surface area contributed by atoms with E-state index in [1.807, 2.05) is 74.5 Å². The first-order valence-corrected chi connectivity index (χ1v) is 36.7. The molecule has 1 heterocycles. The van der Waals surface area contributed by atoms with Gasteiger partial charge in [0.15, 0.2) is 0 Å². The van der Waals surface area contributed by atoms with E-state index in [9.17, 15) is 52.7 Å². The molecule has 2 unspecified atom stereocenters. The minimum atomic E-state index is -6.57. The van der Waals surface area contributed by atoms with Crippen molar-refractivity contribution in [3.8, 4) is 33.4 Å². The molecule has 0 amide bonds. The van der Waals surface area contributed by atoms with Crippen molar-refractivity contribution in [2.24, 2.45) is 0 Å². The van der Waals surface area contributed by atoms with E-state index in [0.29, 0.717) is 71.9 Å². The van der Waals surface area contributed by atoms with Gasteiger partial charge in [-0.25, -0.2) is 0 Å². The van der Waals surface area contributed by atoms with Gasteiger partial charge in [0.1, 0.15) is 0 Å². The van der Waals surface area contributed by atoms with Gasteiger partial charge >= 0.3 is 436 Å². The van der Waals surface area contributed by atoms with E-state index in [1.54, 1.807) is 26.0 Å². The summed E-state index contributed by atoms with van der Waals surface area (Å²) in [6, 6.07) is 24.2. The summed E-state index contributed by atoms with van der Waals surface area (Å²) < 4.78 is 174. The summed E-state index contributed by atoms with van der Waals surface area (Å²) in [6.07, 6.45) is -12.9. The summed E-state index contributed by atoms with van der Waals surface area (Å²) in [5.41, 5.74) is 0.340. The monoisotopic (exact) mass is 1160 g/mol. The molecular weight excluding hydrogens is 1110 g/mol. The number of hydrogen-bond acceptors (Lipinski definition) is 0. The predicted molar refractivity (Wildman–Crippen MR) is 274 cm³/mol. The van der Waals surface area contributed by atoms with Crippen LogP contribution in [-0.2, 0) is 53.9 Å². The van der Waals surface area contributed by atoms with Gasteiger partial charge in [-0.3, -0.25) is 0 Å². The van der Waals surface area contributed by atoms with Crippen LogP contribution in [0.3, 0.4) is 0 Å². The molecule has 16 heteroatoms. The van der Waals surface area contributed by atoms with Crippen LogP contribution in [-0.4, -0.2) is 9.52 Å². The van der Waals surface area contributed by atoms with E-state index >= 15 is 0 Å². The van der Waals surface area contributed by atoms with Crippen LogP contribution in [0.15, 0.2) is 114 Å². The average Bonchev–Trinajstić information content (AvgIpc) is 4.05. The number of benzene rings is 6. The van der Waals surface area contributed by atoms with Crippen molar-refractivity contribution in [2.45, 2.75) is 111 Å². The molecular formula is C58H51Cl2F12SiZr. The maximum absolute atomic E-state index is 14.6. The minimum absolute atomic E-state index is 0.110. The third-order valence-electron chi connectivity index (χ3n) is 15.3. The van der Waals surface area contributed by atoms with Crippen molar-refractivity contribution in [1.29, 1.82) is 0 Å². The van der Waals surface area contributed by atoms with Crippen molar-refractivity contribution in [3.63, 3.8) is 0 Å². The van der Waals surface area contributed by atoms with Crippen molar-refractivity contribution < 1.29 is 69.1 Å². The molecule has 0 saturated carbocycles. The number of alkyl halides is 12. The summed E-state index contributed by atoms with van der Waals surface area (Å²) in [6.45, 7) is 7.52. The molecule has 0 saturated heterocycles. The Morgan fingerprint density at radius 1 is 0.486 bits per heavy atom. The molecule has 0 N–H and O–H groups in total. The molecule has 0 bridgehead atoms. The summed E-state index contributed by atoms with van der Waals surface area (Å²) in [5.74, 6) is 0. The topological polar surface area (TPSA) is 0 Å². The van der Waals surface area contributed by atoms with Gasteiger partial charge in [-0.1, -0.05) is 0 Å². The molecule has 9 rings (SSSR count). The normalized spacial score (nSPS) is 17.4. The molecule has 389 valence electrons. The summed E-state index contributed by atoms with van der Waals surface area (Å²) in [7, 11) is 17.0. The van der Waals surface area contributed by atoms with Crippen molar-refractivity contribution in [1.82, 2.24) is 0 Å². The van der Waals surface area contributed by atoms with Crippen LogP contribution < -0.4 is 13.6 Å². The first-order chi connectivity index (χ1) is 34.7. The quantitative estimate of drug-likeness (QED) is 0.0797. The van der Waals surface area contributed by atoms with Gasteiger partial charge in [0.25, 0.3) is 0 Å². The van der Waals surface area contributed by atoms with Gasteiger partial charge in [0.2, 0.25) is 0 Å². The second kappa shape index (κ2) is 19.6. The van der Waals surface area contributed by atoms with Crippen LogP contribution in [0.5, 0.6) is 0 Å². The molecule has 6 aromatic carbocycles. The zero-order valence-corrected chi connectivity index (χ0v) is 46.2. The molecule has 0 nitrogen and oxygen atoms in total. The molecule has 0 fully saturated rings. The molecule has 74 heavy (non-hydrogen) atoms. The van der Waals surface area contributed by atoms with Crippen LogP contribution >= 0.6 is 17.0 Å². The Morgan fingerprint density at radius 2 is 0.892 bits per heavy atom. The SMILES string of the molecule is CCCCC1=Cc2c(ccc(CC)c2-c2cc(C(F)(F)F)cc(C(F)(F)F)c2)[CH]1[Zr]([Cl])([Cl])([c]1cccc2c1[SiH2]c1ccccc1-2)[CH]1C(CCCC)=Cc2c1ccc(CC)c2-c1cc(C(F)(F)F)cc(C(F)(F)F)c1. The Morgan fingerprint density at radius 3 is 1.28 bits per heavy atom. The Bertz CT molecular complexity index is 3040. The standard InChI is InChI=1S/2C23H21F6.C12H9Si.2ClH.Zr/c2*1-3-5-6-14-9-16-8-7-15(4-2)21(20(16)10-14)17-11-18(22(24,25)26)13-19(12-17)23(27,28)29;1-3-7-11-9(5-1)10-6-2-4-8-12(10)13-11;;;/h2*7-13H,3-6H2,1-2H3;1-7H,13H2;2*1H;/q;;;;;+2/p-2. The van der Waals surface area contributed by atoms with Gasteiger partial charge in [-0.05, 0) is 0 Å². The zero-order chi connectivity index (χ0) is 53.5. The number of halogens is 14. The zero-order valence-electron chi connectivity index (χ0n) is 40.8. The van der Waals surface area contributed by atoms with Crippen molar-refractivity contribution in [3.05, 3.63) is 170 Å². The number of hydrogen-bond donors (Lipinski definition) is 0. The Balaban J connectivity index is 1.41. The molecule has 0 radical (unpaired) electrons. The maximum atomic E-state index is 14.6. The number of fused-ring (bicyclic) bond motifs is 5. The van der Waals surface area contributed by atoms with E-state index in [0.717, 1.165) is 60.2 Å². The first kappa shape index (κ1) is 54.4. The van der Waals surface area contributed by atoms with Crippen LogP contribution in [0.4, 0.5) is 52.7 Å². The predicted octanol–water partition coefficient (Wildman–Crippen LogP) is 17.6. The molecule has 0 aromatic heterocycles. The van der Waals surface area contributed by atoms with Crippen LogP contribution in [0.25, 0.3) is 45.5 Å². The first-order valence-electron chi connectivity index (χ1n) is 24.8. The molecule has 2 aliphatic carbocycles. The van der Waals surface area contributed by atoms with Gasteiger partial charge in [-0.2, -0.15) is 0 Å². The van der Waals surface area contributed by atoms with Crippen LogP contribution in [0.2, 0.25) is 0 Å². The van der Waals surface area contributed by atoms with E-state index in [1.165, 1.54) is 0 Å². The van der Waals surface area contributed by atoms with Crippen LogP contribution in [0, 0.1) is 0 Å². The van der Waals surface area contributed by atoms with Gasteiger partial charge in [0.05, 0.1) is 0 Å². The molecule has 3 aliphatic rings. The Kier molecular flexibility index (Phi) is 14.4. The van der Waals surface area contributed by atoms with E-state index < -0.39 is 80.1 Å². The number of unbranched alkanes of at least 4 members (excludes halogenated alkanes) is 2. The fourth-order valence-corrected chi connectivity index (χ4v) is 40.1. The molecule has 2 atom stereocenters. The molecule has 0 spiro atoms. The molecule has 1 aliphatic heterocycles. The Hall–Kier alpha value is -4.36. The second-order valence-corrected chi connectivity index (χ2v) is 42.3. The fraction of sp³-hybridized carbons (Fsp3) is 0.310. The van der Waals surface area contributed by atoms with Gasteiger partial charge in [-0.15, -0.1) is 0 Å². The number of aryl methyl sites for hydroxylation is 2. The van der Waals surface area contributed by atoms with Crippen molar-refractivity contribution >= 4 is 52.3 Å². The van der Waals surface area contributed by atoms with E-state index in [-0.39, 0.29) is 47.2 Å². The average molecular weight is 1170 g/mol. The summed E-state index contributed by atoms with van der Waals surface area (Å²) in [5, 5.41) is 2.13. The fourth-order valence-electron chi connectivity index (χ4n) is 12.1. The number of allylic oxidation sites excluding steroid dienone is 2. The number of rotatable bonds is 13. The van der Waals surface area contributed by atoms with Gasteiger partial charge in [0, 0.05) is 0 Å². The third kappa shape index (κ3) is 9.41. The second-order valence-electron chi connectivity index (χ2n) is 19.8.